The summed E-state index contributed by atoms with van der Waals surface area (Å²) in [6, 6.07) is 15.9. The van der Waals surface area contributed by atoms with Crippen LogP contribution in [0, 0.1) is 0 Å². The van der Waals surface area contributed by atoms with E-state index in [2.05, 4.69) is 16.0 Å². The molecule has 6 heteroatoms. The Kier molecular flexibility index (Phi) is 4.64. The molecule has 6 nitrogen and oxygen atoms in total. The monoisotopic (exact) mass is 362 g/mol. The molecule has 0 saturated carbocycles. The molecule has 0 N–H and O–H groups in total. The van der Waals surface area contributed by atoms with Crippen LogP contribution in [0.25, 0.3) is 27.8 Å². The molecule has 27 heavy (non-hydrogen) atoms. The third-order valence-corrected chi connectivity index (χ3v) is 4.45. The van der Waals surface area contributed by atoms with E-state index < -0.39 is 0 Å². The highest BCUT2D eigenvalue weighted by molar-refractivity contribution is 5.83. The van der Waals surface area contributed by atoms with Gasteiger partial charge in [0, 0.05) is 18.0 Å². The second-order valence-electron chi connectivity index (χ2n) is 6.64. The fraction of sp³-hybridized carbons (Fsp3) is 0.238. The van der Waals surface area contributed by atoms with Gasteiger partial charge in [-0.15, -0.1) is 0 Å². The van der Waals surface area contributed by atoms with E-state index in [1.807, 2.05) is 61.1 Å². The third kappa shape index (κ3) is 3.57. The van der Waals surface area contributed by atoms with E-state index in [1.165, 1.54) is 0 Å². The van der Waals surface area contributed by atoms with E-state index in [-0.39, 0.29) is 0 Å². The third-order valence-electron chi connectivity index (χ3n) is 4.45. The number of aromatic nitrogens is 3. The number of hydrogen-bond donors (Lipinski definition) is 0. The van der Waals surface area contributed by atoms with Crippen molar-refractivity contribution in [3.8, 4) is 17.3 Å². The first-order valence-corrected chi connectivity index (χ1v) is 8.84. The summed E-state index contributed by atoms with van der Waals surface area (Å²) in [4.78, 5) is 11.3. The number of imidazole rings is 1. The Labute approximate surface area is 158 Å². The van der Waals surface area contributed by atoms with Crippen molar-refractivity contribution in [1.82, 2.24) is 19.4 Å². The van der Waals surface area contributed by atoms with Crippen LogP contribution in [-0.2, 0) is 0 Å². The highest BCUT2D eigenvalue weighted by Gasteiger charge is 2.08. The molecular formula is C21H22N4O2. The van der Waals surface area contributed by atoms with E-state index in [9.17, 15) is 0 Å². The smallest absolute Gasteiger partial charge is 0.139 e. The summed E-state index contributed by atoms with van der Waals surface area (Å²) < 4.78 is 13.1. The van der Waals surface area contributed by atoms with Crippen LogP contribution in [0.1, 0.15) is 0 Å². The minimum atomic E-state index is 0.661. The summed E-state index contributed by atoms with van der Waals surface area (Å²) in [6.45, 7) is 1.54. The fourth-order valence-electron chi connectivity index (χ4n) is 2.96. The molecule has 0 unspecified atom stereocenters. The van der Waals surface area contributed by atoms with Gasteiger partial charge in [-0.3, -0.25) is 4.57 Å². The number of rotatable bonds is 6. The molecule has 2 aromatic heterocycles. The Morgan fingerprint density at radius 2 is 1.81 bits per heavy atom. The first-order valence-electron chi connectivity index (χ1n) is 8.84. The first-order chi connectivity index (χ1) is 13.1. The molecule has 0 atom stereocenters. The molecule has 0 spiro atoms. The molecule has 4 aromatic rings. The molecule has 0 saturated heterocycles. The zero-order valence-electron chi connectivity index (χ0n) is 15.7. The van der Waals surface area contributed by atoms with E-state index in [1.54, 1.807) is 13.4 Å². The molecule has 2 heterocycles. The fourth-order valence-corrected chi connectivity index (χ4v) is 2.96. The average molecular weight is 362 g/mol. The van der Waals surface area contributed by atoms with Crippen LogP contribution in [0.3, 0.4) is 0 Å². The highest BCUT2D eigenvalue weighted by atomic mass is 16.5. The summed E-state index contributed by atoms with van der Waals surface area (Å²) in [5.74, 6) is 2.48. The van der Waals surface area contributed by atoms with Crippen LogP contribution in [0.2, 0.25) is 0 Å². The van der Waals surface area contributed by atoms with Crippen molar-refractivity contribution < 1.29 is 9.47 Å². The van der Waals surface area contributed by atoms with Crippen molar-refractivity contribution in [3.63, 3.8) is 0 Å². The van der Waals surface area contributed by atoms with E-state index in [4.69, 9.17) is 14.5 Å². The van der Waals surface area contributed by atoms with Crippen LogP contribution in [0.15, 0.2) is 54.9 Å². The van der Waals surface area contributed by atoms with E-state index in [0.717, 1.165) is 45.8 Å². The van der Waals surface area contributed by atoms with Gasteiger partial charge < -0.3 is 14.4 Å². The van der Waals surface area contributed by atoms with Gasteiger partial charge in [0.05, 0.1) is 23.7 Å². The number of nitrogens with zero attached hydrogens (tertiary/aromatic N) is 4. The Morgan fingerprint density at radius 1 is 0.963 bits per heavy atom. The van der Waals surface area contributed by atoms with E-state index in [0.29, 0.717) is 6.61 Å². The summed E-state index contributed by atoms with van der Waals surface area (Å²) in [5.41, 5.74) is 2.79. The van der Waals surface area contributed by atoms with Gasteiger partial charge in [0.15, 0.2) is 0 Å². The Hall–Kier alpha value is -3.12. The zero-order valence-corrected chi connectivity index (χ0v) is 15.7. The molecule has 0 bridgehead atoms. The summed E-state index contributed by atoms with van der Waals surface area (Å²) >= 11 is 0. The van der Waals surface area contributed by atoms with Crippen LogP contribution < -0.4 is 9.47 Å². The minimum Gasteiger partial charge on any atom is -0.497 e. The molecule has 0 aliphatic carbocycles. The minimum absolute atomic E-state index is 0.661. The Balaban J connectivity index is 1.64. The molecule has 0 aliphatic heterocycles. The van der Waals surface area contributed by atoms with Crippen molar-refractivity contribution in [2.24, 2.45) is 0 Å². The van der Waals surface area contributed by atoms with Crippen LogP contribution >= 0.6 is 0 Å². The van der Waals surface area contributed by atoms with Crippen LogP contribution in [0.5, 0.6) is 11.5 Å². The summed E-state index contributed by atoms with van der Waals surface area (Å²) in [5, 5.41) is 1.05. The normalized spacial score (nSPS) is 11.4. The van der Waals surface area contributed by atoms with Crippen molar-refractivity contribution >= 4 is 21.9 Å². The largest absolute Gasteiger partial charge is 0.497 e. The molecule has 0 amide bonds. The van der Waals surface area contributed by atoms with Gasteiger partial charge >= 0.3 is 0 Å². The van der Waals surface area contributed by atoms with Gasteiger partial charge in [0.25, 0.3) is 0 Å². The number of ether oxygens (including phenoxy) is 2. The summed E-state index contributed by atoms with van der Waals surface area (Å²) in [6.07, 6.45) is 1.79. The zero-order chi connectivity index (χ0) is 18.8. The average Bonchev–Trinajstić information content (AvgIpc) is 3.10. The number of pyridine rings is 1. The molecule has 0 radical (unpaired) electrons. The highest BCUT2D eigenvalue weighted by Crippen LogP contribution is 2.24. The van der Waals surface area contributed by atoms with Gasteiger partial charge in [0.1, 0.15) is 30.3 Å². The molecule has 4 rings (SSSR count). The lowest BCUT2D eigenvalue weighted by molar-refractivity contribution is 0.261. The van der Waals surface area contributed by atoms with Crippen LogP contribution in [0.4, 0.5) is 0 Å². The molecule has 138 valence electrons. The maximum absolute atomic E-state index is 5.81. The number of fused-ring (bicyclic) bond motifs is 2. The molecule has 0 fully saturated rings. The quantitative estimate of drug-likeness (QED) is 0.525. The number of hydrogen-bond acceptors (Lipinski definition) is 5. The van der Waals surface area contributed by atoms with Crippen molar-refractivity contribution in [2.75, 3.05) is 34.4 Å². The Morgan fingerprint density at radius 3 is 2.63 bits per heavy atom. The topological polar surface area (TPSA) is 52.4 Å². The van der Waals surface area contributed by atoms with Crippen molar-refractivity contribution in [3.05, 3.63) is 54.9 Å². The summed E-state index contributed by atoms with van der Waals surface area (Å²) in [7, 11) is 5.72. The molecule has 2 aromatic carbocycles. The van der Waals surface area contributed by atoms with Crippen LogP contribution in [-0.4, -0.2) is 53.8 Å². The lowest BCUT2D eigenvalue weighted by Crippen LogP contribution is -2.19. The SMILES string of the molecule is COc1ccc2c(c1)ncn2-c1ccc2cc(OCCN(C)C)ccc2n1. The maximum Gasteiger partial charge on any atom is 0.139 e. The number of likely N-dealkylation sites (N-methyl/N-ethyl adjacent to an activating group) is 1. The number of methoxy groups -OCH3 is 1. The number of benzene rings is 2. The predicted molar refractivity (Wildman–Crippen MR) is 107 cm³/mol. The lowest BCUT2D eigenvalue weighted by atomic mass is 10.2. The van der Waals surface area contributed by atoms with Gasteiger partial charge in [-0.2, -0.15) is 0 Å². The van der Waals surface area contributed by atoms with Crippen molar-refractivity contribution in [1.29, 1.82) is 0 Å². The first kappa shape index (κ1) is 17.3. The maximum atomic E-state index is 5.81. The predicted octanol–water partition coefficient (Wildman–Crippen LogP) is 3.52. The van der Waals surface area contributed by atoms with Gasteiger partial charge in [0.2, 0.25) is 0 Å². The van der Waals surface area contributed by atoms with Gasteiger partial charge in [-0.25, -0.2) is 9.97 Å². The second-order valence-corrected chi connectivity index (χ2v) is 6.64. The van der Waals surface area contributed by atoms with Gasteiger partial charge in [-0.05, 0) is 56.6 Å². The standard InChI is InChI=1S/C21H22N4O2/c1-24(2)10-11-27-17-5-7-18-15(12-17)4-9-21(23-18)25-14-22-19-13-16(26-3)6-8-20(19)25/h4-9,12-14H,10-11H2,1-3H3. The molecule has 0 aliphatic rings. The second kappa shape index (κ2) is 7.25. The van der Waals surface area contributed by atoms with E-state index >= 15 is 0 Å². The van der Waals surface area contributed by atoms with Crippen molar-refractivity contribution in [2.45, 2.75) is 0 Å². The molecular weight excluding hydrogens is 340 g/mol. The Bertz CT molecular complexity index is 1090. The lowest BCUT2D eigenvalue weighted by Gasteiger charge is -2.11. The van der Waals surface area contributed by atoms with Gasteiger partial charge in [-0.1, -0.05) is 0 Å².